The van der Waals surface area contributed by atoms with Crippen molar-refractivity contribution in [3.05, 3.63) is 109 Å². The summed E-state index contributed by atoms with van der Waals surface area (Å²) in [6.45, 7) is 7.71. The third-order valence-corrected chi connectivity index (χ3v) is 7.57. The van der Waals surface area contributed by atoms with Crippen LogP contribution < -0.4 is 19.6 Å². The lowest BCUT2D eigenvalue weighted by Crippen LogP contribution is -2.40. The molecule has 0 spiro atoms. The molecule has 10 heteroatoms. The maximum atomic E-state index is 13.9. The van der Waals surface area contributed by atoms with Crippen molar-refractivity contribution in [1.82, 2.24) is 4.57 Å². The lowest BCUT2D eigenvalue weighted by Gasteiger charge is -2.25. The molecule has 0 fully saturated rings. The van der Waals surface area contributed by atoms with Gasteiger partial charge in [0.1, 0.15) is 17.3 Å². The van der Waals surface area contributed by atoms with Crippen LogP contribution in [0.3, 0.4) is 0 Å². The van der Waals surface area contributed by atoms with Crippen molar-refractivity contribution in [2.45, 2.75) is 39.8 Å². The summed E-state index contributed by atoms with van der Waals surface area (Å²) in [5, 5.41) is 0. The summed E-state index contributed by atoms with van der Waals surface area (Å²) < 4.78 is 24.0. The van der Waals surface area contributed by atoms with E-state index < -0.39 is 18.0 Å². The number of benzene rings is 2. The molecule has 0 bridgehead atoms. The number of aromatic nitrogens is 1. The molecule has 5 rings (SSSR count). The van der Waals surface area contributed by atoms with Crippen LogP contribution in [0.1, 0.15) is 55.4 Å². The molecule has 0 saturated carbocycles. The third kappa shape index (κ3) is 5.58. The number of esters is 2. The van der Waals surface area contributed by atoms with Crippen LogP contribution in [-0.4, -0.2) is 36.3 Å². The van der Waals surface area contributed by atoms with Gasteiger partial charge in [0.05, 0.1) is 47.2 Å². The fourth-order valence-electron chi connectivity index (χ4n) is 4.78. The van der Waals surface area contributed by atoms with Crippen LogP contribution >= 0.6 is 11.3 Å². The van der Waals surface area contributed by atoms with Gasteiger partial charge in [0, 0.05) is 11.6 Å². The number of fused-ring (bicyclic) bond motifs is 1. The van der Waals surface area contributed by atoms with Crippen LogP contribution in [-0.2, 0) is 14.3 Å². The Kier molecular flexibility index (Phi) is 8.26. The summed E-state index contributed by atoms with van der Waals surface area (Å²) in [6, 6.07) is 17.0. The van der Waals surface area contributed by atoms with Crippen molar-refractivity contribution in [3.63, 3.8) is 0 Å². The maximum Gasteiger partial charge on any atom is 0.338 e. The lowest BCUT2D eigenvalue weighted by atomic mass is 9.96. The fourth-order valence-corrected chi connectivity index (χ4v) is 5.81. The summed E-state index contributed by atoms with van der Waals surface area (Å²) in [7, 11) is 1.32. The van der Waals surface area contributed by atoms with E-state index in [1.807, 2.05) is 31.2 Å². The molecule has 0 N–H and O–H groups in total. The summed E-state index contributed by atoms with van der Waals surface area (Å²) in [5.41, 5.74) is 2.11. The number of hydrogen-bond acceptors (Lipinski definition) is 9. The maximum absolute atomic E-state index is 13.9. The molecule has 2 aromatic carbocycles. The van der Waals surface area contributed by atoms with Gasteiger partial charge in [-0.3, -0.25) is 9.36 Å². The molecule has 0 saturated heterocycles. The van der Waals surface area contributed by atoms with Crippen molar-refractivity contribution in [2.75, 3.05) is 13.7 Å². The van der Waals surface area contributed by atoms with E-state index in [-0.39, 0.29) is 11.7 Å². The molecule has 4 aromatic rings. The Bertz CT molecular complexity index is 1860. The number of ether oxygens (including phenoxy) is 3. The first-order valence-corrected chi connectivity index (χ1v) is 14.3. The van der Waals surface area contributed by atoms with Gasteiger partial charge in [0.15, 0.2) is 4.80 Å². The normalized spacial score (nSPS) is 14.9. The smallest absolute Gasteiger partial charge is 0.338 e. The zero-order valence-corrected chi connectivity index (χ0v) is 24.7. The molecule has 1 atom stereocenters. The Morgan fingerprint density at radius 2 is 1.81 bits per heavy atom. The van der Waals surface area contributed by atoms with E-state index in [0.29, 0.717) is 55.6 Å². The first kappa shape index (κ1) is 28.8. The minimum atomic E-state index is -0.746. The van der Waals surface area contributed by atoms with Crippen molar-refractivity contribution in [3.8, 4) is 17.1 Å². The highest BCUT2D eigenvalue weighted by molar-refractivity contribution is 7.07. The van der Waals surface area contributed by atoms with E-state index in [4.69, 9.17) is 18.6 Å². The summed E-state index contributed by atoms with van der Waals surface area (Å²) in [4.78, 5) is 44.5. The number of furan rings is 1. The number of carbonyl (C=O) groups is 2. The summed E-state index contributed by atoms with van der Waals surface area (Å²) in [5.74, 6) is 0.551. The molecule has 0 amide bonds. The van der Waals surface area contributed by atoms with Gasteiger partial charge < -0.3 is 18.6 Å². The van der Waals surface area contributed by atoms with Crippen LogP contribution in [0.2, 0.25) is 0 Å². The second kappa shape index (κ2) is 12.0. The van der Waals surface area contributed by atoms with Crippen LogP contribution in [0, 0.1) is 0 Å². The highest BCUT2D eigenvalue weighted by atomic mass is 32.1. The average Bonchev–Trinajstić information content (AvgIpc) is 3.56. The molecule has 2 aromatic heterocycles. The Balaban J connectivity index is 1.61. The largest absolute Gasteiger partial charge is 0.494 e. The van der Waals surface area contributed by atoms with Gasteiger partial charge in [-0.15, -0.1) is 0 Å². The van der Waals surface area contributed by atoms with Gasteiger partial charge in [-0.05, 0) is 63.6 Å². The molecule has 1 aliphatic rings. The van der Waals surface area contributed by atoms with E-state index in [0.717, 1.165) is 5.56 Å². The molecular formula is C32H30N2O7S. The molecule has 9 nitrogen and oxygen atoms in total. The zero-order valence-electron chi connectivity index (χ0n) is 23.9. The highest BCUT2D eigenvalue weighted by Crippen LogP contribution is 2.32. The molecular weight excluding hydrogens is 556 g/mol. The third-order valence-electron chi connectivity index (χ3n) is 6.59. The van der Waals surface area contributed by atoms with Crippen molar-refractivity contribution in [2.24, 2.45) is 4.99 Å². The monoisotopic (exact) mass is 586 g/mol. The predicted octanol–water partition coefficient (Wildman–Crippen LogP) is 4.63. The standard InChI is InChI=1S/C32H30N2O7S/c1-6-39-21-13-11-20(12-14-21)28-27(31(37)40-18(2)3)19(4)33-32-34(28)29(35)26(42-32)17-22-15-16-25(41-22)23-9-7-8-10-24(23)30(36)38-5/h7-18,28H,6H2,1-5H3/b26-17-/t28-/m1/s1. The zero-order chi connectivity index (χ0) is 30.0. The number of allylic oxidation sites excluding steroid dienone is 1. The second-order valence-corrected chi connectivity index (χ2v) is 10.8. The Labute approximate surface area is 246 Å². The molecule has 0 unspecified atom stereocenters. The molecule has 42 heavy (non-hydrogen) atoms. The van der Waals surface area contributed by atoms with E-state index in [1.54, 1.807) is 63.2 Å². The molecule has 1 aliphatic heterocycles. The van der Waals surface area contributed by atoms with E-state index >= 15 is 0 Å². The van der Waals surface area contributed by atoms with Gasteiger partial charge in [-0.1, -0.05) is 41.7 Å². The molecule has 216 valence electrons. The van der Waals surface area contributed by atoms with Gasteiger partial charge in [-0.2, -0.15) is 0 Å². The number of rotatable bonds is 8. The van der Waals surface area contributed by atoms with Crippen LogP contribution in [0.25, 0.3) is 17.4 Å². The van der Waals surface area contributed by atoms with Gasteiger partial charge in [0.2, 0.25) is 0 Å². The molecule has 0 aliphatic carbocycles. The van der Waals surface area contributed by atoms with Crippen LogP contribution in [0.4, 0.5) is 0 Å². The predicted molar refractivity (Wildman–Crippen MR) is 158 cm³/mol. The number of thiazole rings is 1. The minimum Gasteiger partial charge on any atom is -0.494 e. The van der Waals surface area contributed by atoms with E-state index in [9.17, 15) is 14.4 Å². The van der Waals surface area contributed by atoms with Gasteiger partial charge in [-0.25, -0.2) is 14.6 Å². The molecule has 3 heterocycles. The summed E-state index contributed by atoms with van der Waals surface area (Å²) in [6.07, 6.45) is 1.29. The number of carbonyl (C=O) groups excluding carboxylic acids is 2. The van der Waals surface area contributed by atoms with Crippen molar-refractivity contribution in [1.29, 1.82) is 0 Å². The Hall–Kier alpha value is -4.70. The average molecular weight is 587 g/mol. The van der Waals surface area contributed by atoms with Crippen LogP contribution in [0.15, 0.2) is 86.1 Å². The lowest BCUT2D eigenvalue weighted by molar-refractivity contribution is -0.143. The number of hydrogen-bond donors (Lipinski definition) is 0. The van der Waals surface area contributed by atoms with E-state index in [1.165, 1.54) is 23.0 Å². The minimum absolute atomic E-state index is 0.298. The van der Waals surface area contributed by atoms with Crippen LogP contribution in [0.5, 0.6) is 5.75 Å². The Morgan fingerprint density at radius 3 is 2.50 bits per heavy atom. The van der Waals surface area contributed by atoms with Crippen molar-refractivity contribution >= 4 is 29.4 Å². The Morgan fingerprint density at radius 1 is 1.07 bits per heavy atom. The molecule has 0 radical (unpaired) electrons. The first-order chi connectivity index (χ1) is 20.2. The highest BCUT2D eigenvalue weighted by Gasteiger charge is 2.34. The van der Waals surface area contributed by atoms with Crippen molar-refractivity contribution < 1.29 is 28.2 Å². The quantitative estimate of drug-likeness (QED) is 0.277. The first-order valence-electron chi connectivity index (χ1n) is 13.5. The van der Waals surface area contributed by atoms with Gasteiger partial charge in [0.25, 0.3) is 5.56 Å². The second-order valence-electron chi connectivity index (χ2n) is 9.78. The van der Waals surface area contributed by atoms with Gasteiger partial charge >= 0.3 is 11.9 Å². The van der Waals surface area contributed by atoms with E-state index in [2.05, 4.69) is 4.99 Å². The topological polar surface area (TPSA) is 109 Å². The SMILES string of the molecule is CCOc1ccc([C@@H]2C(C(=O)OC(C)C)=C(C)N=c3s/c(=C\c4ccc(-c5ccccc5C(=O)OC)o4)c(=O)n32)cc1. The number of nitrogens with zero attached hydrogens (tertiary/aromatic N) is 2. The summed E-state index contributed by atoms with van der Waals surface area (Å²) >= 11 is 1.20. The fraction of sp³-hybridized carbons (Fsp3) is 0.250. The number of methoxy groups -OCH3 is 1.